The minimum absolute atomic E-state index is 0.862. The summed E-state index contributed by atoms with van der Waals surface area (Å²) in [5.41, 5.74) is 13.0. The van der Waals surface area contributed by atoms with Crippen molar-refractivity contribution in [3.63, 3.8) is 0 Å². The maximum atomic E-state index is 6.78. The van der Waals surface area contributed by atoms with Crippen LogP contribution in [0.3, 0.4) is 0 Å². The summed E-state index contributed by atoms with van der Waals surface area (Å²) in [4.78, 5) is 5.16. The van der Waals surface area contributed by atoms with Crippen LogP contribution in [-0.4, -0.2) is 9.38 Å². The second-order valence-corrected chi connectivity index (χ2v) is 16.8. The summed E-state index contributed by atoms with van der Waals surface area (Å²) >= 11 is 3.76. The number of rotatable bonds is 3. The van der Waals surface area contributed by atoms with Gasteiger partial charge in [0.15, 0.2) is 5.58 Å². The van der Waals surface area contributed by atoms with Gasteiger partial charge in [-0.2, -0.15) is 0 Å². The molecule has 3 nitrogen and oxygen atoms in total. The van der Waals surface area contributed by atoms with E-state index in [1.807, 2.05) is 22.7 Å². The molecule has 5 heterocycles. The molecule has 0 saturated heterocycles. The molecule has 13 rings (SSSR count). The van der Waals surface area contributed by atoms with Crippen molar-refractivity contribution in [1.29, 1.82) is 0 Å². The molecule has 0 radical (unpaired) electrons. The summed E-state index contributed by atoms with van der Waals surface area (Å²) in [6.45, 7) is 0. The van der Waals surface area contributed by atoms with Crippen LogP contribution in [-0.2, 0) is 0 Å². The Bertz CT molecular complexity index is 3650. The Balaban J connectivity index is 1.11. The van der Waals surface area contributed by atoms with E-state index in [2.05, 4.69) is 174 Å². The summed E-state index contributed by atoms with van der Waals surface area (Å²) in [6.07, 6.45) is 0. The molecule has 56 heavy (non-hydrogen) atoms. The summed E-state index contributed by atoms with van der Waals surface area (Å²) in [5.74, 6) is 0. The first-order valence-corrected chi connectivity index (χ1v) is 20.5. The Hall–Kier alpha value is -6.79. The summed E-state index contributed by atoms with van der Waals surface area (Å²) < 4.78 is 14.3. The topological polar surface area (TPSA) is 30.4 Å². The van der Waals surface area contributed by atoms with Crippen molar-refractivity contribution in [2.45, 2.75) is 0 Å². The van der Waals surface area contributed by atoms with Gasteiger partial charge in [0.25, 0.3) is 0 Å². The molecule has 260 valence electrons. The van der Waals surface area contributed by atoms with Gasteiger partial charge < -0.3 is 4.42 Å². The van der Waals surface area contributed by atoms with E-state index >= 15 is 0 Å². The van der Waals surface area contributed by atoms with Crippen molar-refractivity contribution in [3.05, 3.63) is 170 Å². The molecule has 0 aliphatic heterocycles. The van der Waals surface area contributed by atoms with Crippen LogP contribution < -0.4 is 0 Å². The Morgan fingerprint density at radius 3 is 1.70 bits per heavy atom. The van der Waals surface area contributed by atoms with Crippen LogP contribution in [0.15, 0.2) is 174 Å². The Kier molecular flexibility index (Phi) is 6.20. The van der Waals surface area contributed by atoms with Crippen LogP contribution in [0.25, 0.3) is 123 Å². The first kappa shape index (κ1) is 30.5. The Morgan fingerprint density at radius 1 is 0.429 bits per heavy atom. The molecule has 0 aliphatic rings. The van der Waals surface area contributed by atoms with Gasteiger partial charge in [0.05, 0.1) is 11.0 Å². The number of nitrogens with zero attached hydrogens (tertiary/aromatic N) is 2. The lowest BCUT2D eigenvalue weighted by molar-refractivity contribution is 0.672. The van der Waals surface area contributed by atoms with E-state index < -0.39 is 0 Å². The molecule has 0 spiro atoms. The number of hydrogen-bond donors (Lipinski definition) is 0. The SMILES string of the molecule is c1ccc2c(c1)nc1c3ccccc3c3oc4ccc(-c5cc(-c6cccc7c6sc6ccccc67)cc(-c6cccc7c6sc6ccccc67)c5)cc4c3n21. The van der Waals surface area contributed by atoms with Crippen LogP contribution in [0, 0.1) is 0 Å². The third-order valence-corrected chi connectivity index (χ3v) is 14.0. The molecule has 5 aromatic heterocycles. The standard InChI is InChI=1S/C51H28N2OS2/c1-2-14-40-37(13-1)48-47(53-43-20-6-5-19-42(43)52-51(40)53)41-28-29(23-24-44(41)54-48)30-25-31(33-15-9-17-38-35-11-3-7-21-45(35)55-49(33)38)27-32(26-30)34-16-10-18-39-36-12-4-8-22-46(36)56-50(34)39/h1-28H. The van der Waals surface area contributed by atoms with Crippen LogP contribution >= 0.6 is 22.7 Å². The lowest BCUT2D eigenvalue weighted by Gasteiger charge is -2.13. The minimum Gasteiger partial charge on any atom is -0.454 e. The number of pyridine rings is 1. The average Bonchev–Trinajstić information content (AvgIpc) is 4.03. The second kappa shape index (κ2) is 11.4. The quantitative estimate of drug-likeness (QED) is 0.180. The van der Waals surface area contributed by atoms with Crippen molar-refractivity contribution >= 4 is 113 Å². The van der Waals surface area contributed by atoms with Crippen LogP contribution in [0.4, 0.5) is 0 Å². The van der Waals surface area contributed by atoms with Gasteiger partial charge in [-0.1, -0.05) is 115 Å². The lowest BCUT2D eigenvalue weighted by Crippen LogP contribution is -1.90. The van der Waals surface area contributed by atoms with Crippen LogP contribution in [0.5, 0.6) is 0 Å². The van der Waals surface area contributed by atoms with E-state index in [9.17, 15) is 0 Å². The van der Waals surface area contributed by atoms with Gasteiger partial charge in [-0.3, -0.25) is 4.40 Å². The number of furan rings is 1. The number of fused-ring (bicyclic) bond motifs is 16. The van der Waals surface area contributed by atoms with Crippen LogP contribution in [0.2, 0.25) is 0 Å². The largest absolute Gasteiger partial charge is 0.454 e. The van der Waals surface area contributed by atoms with Crippen molar-refractivity contribution in [1.82, 2.24) is 9.38 Å². The zero-order valence-corrected chi connectivity index (χ0v) is 31.4. The Labute approximate surface area is 327 Å². The molecule has 0 fully saturated rings. The normalized spacial score (nSPS) is 12.3. The molecule has 0 bridgehead atoms. The highest BCUT2D eigenvalue weighted by molar-refractivity contribution is 7.26. The third kappa shape index (κ3) is 4.24. The summed E-state index contributed by atoms with van der Waals surface area (Å²) in [6, 6.07) is 61.8. The van der Waals surface area contributed by atoms with Gasteiger partial charge in [0, 0.05) is 56.5 Å². The zero-order valence-electron chi connectivity index (χ0n) is 29.8. The molecule has 0 amide bonds. The summed E-state index contributed by atoms with van der Waals surface area (Å²) in [7, 11) is 0. The predicted molar refractivity (Wildman–Crippen MR) is 240 cm³/mol. The lowest BCUT2D eigenvalue weighted by atomic mass is 9.92. The number of thiophene rings is 2. The van der Waals surface area contributed by atoms with Gasteiger partial charge >= 0.3 is 0 Å². The van der Waals surface area contributed by atoms with Crippen LogP contribution in [0.1, 0.15) is 0 Å². The fraction of sp³-hybridized carbons (Fsp3) is 0. The number of hydrogen-bond acceptors (Lipinski definition) is 4. The molecule has 13 aromatic rings. The van der Waals surface area contributed by atoms with Crippen molar-refractivity contribution in [2.75, 3.05) is 0 Å². The van der Waals surface area contributed by atoms with Crippen molar-refractivity contribution in [3.8, 4) is 33.4 Å². The highest BCUT2D eigenvalue weighted by Gasteiger charge is 2.21. The zero-order chi connectivity index (χ0) is 36.5. The number of imidazole rings is 1. The highest BCUT2D eigenvalue weighted by Crippen LogP contribution is 2.46. The molecule has 0 saturated carbocycles. The molecule has 0 atom stereocenters. The predicted octanol–water partition coefficient (Wildman–Crippen LogP) is 15.3. The summed E-state index contributed by atoms with van der Waals surface area (Å²) in [5, 5.41) is 8.45. The molecular formula is C51H28N2OS2. The molecular weight excluding hydrogens is 721 g/mol. The van der Waals surface area contributed by atoms with Crippen molar-refractivity contribution in [2.24, 2.45) is 0 Å². The van der Waals surface area contributed by atoms with E-state index in [-0.39, 0.29) is 0 Å². The minimum atomic E-state index is 0.862. The van der Waals surface area contributed by atoms with E-state index in [0.29, 0.717) is 0 Å². The van der Waals surface area contributed by atoms with Gasteiger partial charge in [-0.05, 0) is 88.0 Å². The maximum Gasteiger partial charge on any atom is 0.160 e. The smallest absolute Gasteiger partial charge is 0.160 e. The molecule has 0 N–H and O–H groups in total. The van der Waals surface area contributed by atoms with Gasteiger partial charge in [-0.15, -0.1) is 22.7 Å². The van der Waals surface area contributed by atoms with Gasteiger partial charge in [0.1, 0.15) is 16.7 Å². The van der Waals surface area contributed by atoms with E-state index in [0.717, 1.165) is 60.6 Å². The molecule has 0 aliphatic carbocycles. The fourth-order valence-corrected chi connectivity index (χ4v) is 11.5. The molecule has 8 aromatic carbocycles. The number of benzene rings is 8. The highest BCUT2D eigenvalue weighted by atomic mass is 32.1. The average molecular weight is 749 g/mol. The van der Waals surface area contributed by atoms with E-state index in [1.165, 1.54) is 62.6 Å². The molecule has 0 unspecified atom stereocenters. The van der Waals surface area contributed by atoms with Gasteiger partial charge in [-0.25, -0.2) is 4.98 Å². The fourth-order valence-electron chi connectivity index (χ4n) is 9.03. The van der Waals surface area contributed by atoms with Crippen molar-refractivity contribution < 1.29 is 4.42 Å². The first-order chi connectivity index (χ1) is 27.7. The molecule has 5 heteroatoms. The van der Waals surface area contributed by atoms with E-state index in [4.69, 9.17) is 9.40 Å². The number of aromatic nitrogens is 2. The van der Waals surface area contributed by atoms with Gasteiger partial charge in [0.2, 0.25) is 0 Å². The second-order valence-electron chi connectivity index (χ2n) is 14.7. The monoisotopic (exact) mass is 748 g/mol. The number of para-hydroxylation sites is 2. The third-order valence-electron chi connectivity index (χ3n) is 11.6. The first-order valence-electron chi connectivity index (χ1n) is 18.9. The van der Waals surface area contributed by atoms with E-state index in [1.54, 1.807) is 0 Å². The Morgan fingerprint density at radius 2 is 1.00 bits per heavy atom. The maximum absolute atomic E-state index is 6.78.